The van der Waals surface area contributed by atoms with Gasteiger partial charge in [-0.2, -0.15) is 13.2 Å². The molecule has 0 aliphatic rings. The molecule has 1 aromatic carbocycles. The first-order valence-corrected chi connectivity index (χ1v) is 6.22. The van der Waals surface area contributed by atoms with Gasteiger partial charge in [0.1, 0.15) is 0 Å². The van der Waals surface area contributed by atoms with Crippen LogP contribution >= 0.6 is 0 Å². The molecule has 4 heteroatoms. The molecule has 0 aromatic heterocycles. The quantitative estimate of drug-likeness (QED) is 0.716. The molecular formula is C15H19F3O. The number of benzene rings is 1. The average molecular weight is 272 g/mol. The van der Waals surface area contributed by atoms with E-state index in [1.54, 1.807) is 0 Å². The monoisotopic (exact) mass is 272 g/mol. The van der Waals surface area contributed by atoms with E-state index >= 15 is 0 Å². The van der Waals surface area contributed by atoms with Gasteiger partial charge in [0.15, 0.2) is 5.78 Å². The molecule has 0 amide bonds. The number of rotatable bonds is 3. The molecule has 0 atom stereocenters. The molecular weight excluding hydrogens is 253 g/mol. The molecule has 0 unspecified atom stereocenters. The highest BCUT2D eigenvalue weighted by Gasteiger charge is 2.33. The summed E-state index contributed by atoms with van der Waals surface area (Å²) in [6.45, 7) is 7.24. The fraction of sp³-hybridized carbons (Fsp3) is 0.533. The van der Waals surface area contributed by atoms with E-state index in [-0.39, 0.29) is 22.3 Å². The lowest BCUT2D eigenvalue weighted by Crippen LogP contribution is -2.13. The van der Waals surface area contributed by atoms with Crippen molar-refractivity contribution in [2.45, 2.75) is 46.7 Å². The summed E-state index contributed by atoms with van der Waals surface area (Å²) in [5, 5.41) is 0. The lowest BCUT2D eigenvalue weighted by Gasteiger charge is -2.20. The largest absolute Gasteiger partial charge is 0.416 e. The van der Waals surface area contributed by atoms with Gasteiger partial charge < -0.3 is 0 Å². The van der Waals surface area contributed by atoms with Crippen LogP contribution in [-0.4, -0.2) is 5.78 Å². The van der Waals surface area contributed by atoms with E-state index in [0.717, 1.165) is 6.07 Å². The summed E-state index contributed by atoms with van der Waals surface area (Å²) in [4.78, 5) is 11.2. The lowest BCUT2D eigenvalue weighted by molar-refractivity contribution is -0.138. The van der Waals surface area contributed by atoms with Crippen molar-refractivity contribution in [3.8, 4) is 0 Å². The minimum atomic E-state index is -4.42. The highest BCUT2D eigenvalue weighted by Crippen LogP contribution is 2.34. The van der Waals surface area contributed by atoms with Crippen LogP contribution in [0.5, 0.6) is 0 Å². The summed E-state index contributed by atoms with van der Waals surface area (Å²) in [5.74, 6) is -0.354. The Balaban J connectivity index is 3.13. The fourth-order valence-corrected chi connectivity index (χ4v) is 1.79. The van der Waals surface area contributed by atoms with E-state index in [4.69, 9.17) is 0 Å². The number of halogens is 3. The summed E-state index contributed by atoms with van der Waals surface area (Å²) in [5.41, 5.74) is -0.356. The van der Waals surface area contributed by atoms with Crippen molar-refractivity contribution < 1.29 is 18.0 Å². The highest BCUT2D eigenvalue weighted by atomic mass is 19.4. The molecule has 0 saturated carbocycles. The number of carbonyl (C=O) groups excluding carboxylic acids is 1. The minimum Gasteiger partial charge on any atom is -0.295 e. The van der Waals surface area contributed by atoms with Gasteiger partial charge in [0.2, 0.25) is 0 Å². The Hall–Kier alpha value is -1.32. The van der Waals surface area contributed by atoms with Gasteiger partial charge >= 0.3 is 6.18 Å². The van der Waals surface area contributed by atoms with Crippen molar-refractivity contribution >= 4 is 5.78 Å². The van der Waals surface area contributed by atoms with E-state index in [0.29, 0.717) is 12.8 Å². The fourth-order valence-electron chi connectivity index (χ4n) is 1.79. The predicted octanol–water partition coefficient (Wildman–Crippen LogP) is 4.89. The summed E-state index contributed by atoms with van der Waals surface area (Å²) in [6, 6.07) is 3.85. The Labute approximate surface area is 111 Å². The topological polar surface area (TPSA) is 17.1 Å². The summed E-state index contributed by atoms with van der Waals surface area (Å²) < 4.78 is 39.0. The van der Waals surface area contributed by atoms with Crippen LogP contribution in [0.4, 0.5) is 13.2 Å². The van der Waals surface area contributed by atoms with Gasteiger partial charge in [-0.15, -0.1) is 0 Å². The number of Topliss-reactive ketones (excluding diaryl/α,β-unsaturated/α-hetero) is 1. The summed E-state index contributed by atoms with van der Waals surface area (Å²) in [7, 11) is 0. The minimum absolute atomic E-state index is 0.0257. The number of hydrogen-bond acceptors (Lipinski definition) is 1. The van der Waals surface area contributed by atoms with Gasteiger partial charge in [-0.05, 0) is 36.8 Å². The number of alkyl halides is 3. The Kier molecular flexibility index (Phi) is 4.43. The Bertz CT molecular complexity index is 467. The number of aryl methyl sites for hydroxylation is 1. The first kappa shape index (κ1) is 15.7. The van der Waals surface area contributed by atoms with E-state index < -0.39 is 11.7 Å². The highest BCUT2D eigenvalue weighted by molar-refractivity contribution is 5.94. The van der Waals surface area contributed by atoms with E-state index in [9.17, 15) is 18.0 Å². The third-order valence-electron chi connectivity index (χ3n) is 2.97. The number of ketones is 1. The number of carbonyl (C=O) groups is 1. The van der Waals surface area contributed by atoms with Gasteiger partial charge in [-0.25, -0.2) is 0 Å². The van der Waals surface area contributed by atoms with E-state index in [1.165, 1.54) is 19.1 Å². The molecule has 0 radical (unpaired) electrons. The Morgan fingerprint density at radius 1 is 1.16 bits per heavy atom. The SMILES string of the molecule is CC(=O)c1ccc(CCC(C)(C)C)c(C(F)(F)F)c1. The smallest absolute Gasteiger partial charge is 0.295 e. The van der Waals surface area contributed by atoms with Crippen LogP contribution in [0.1, 0.15) is 55.6 Å². The van der Waals surface area contributed by atoms with Crippen LogP contribution in [0.25, 0.3) is 0 Å². The average Bonchev–Trinajstić information content (AvgIpc) is 2.23. The second-order valence-electron chi connectivity index (χ2n) is 5.99. The van der Waals surface area contributed by atoms with Crippen molar-refractivity contribution in [3.63, 3.8) is 0 Å². The molecule has 0 fully saturated rings. The number of hydrogen-bond donors (Lipinski definition) is 0. The molecule has 0 heterocycles. The van der Waals surface area contributed by atoms with E-state index in [2.05, 4.69) is 0 Å². The van der Waals surface area contributed by atoms with Crippen LogP contribution < -0.4 is 0 Å². The molecule has 0 N–H and O–H groups in total. The maximum absolute atomic E-state index is 13.0. The van der Waals surface area contributed by atoms with Crippen LogP contribution in [-0.2, 0) is 12.6 Å². The van der Waals surface area contributed by atoms with Crippen molar-refractivity contribution in [1.29, 1.82) is 0 Å². The lowest BCUT2D eigenvalue weighted by atomic mass is 9.87. The van der Waals surface area contributed by atoms with Crippen LogP contribution in [0.15, 0.2) is 18.2 Å². The standard InChI is InChI=1S/C15H19F3O/c1-10(19)12-6-5-11(7-8-14(2,3)4)13(9-12)15(16,17)18/h5-6,9H,7-8H2,1-4H3. The van der Waals surface area contributed by atoms with Crippen molar-refractivity contribution in [2.24, 2.45) is 5.41 Å². The van der Waals surface area contributed by atoms with Gasteiger partial charge in [0.25, 0.3) is 0 Å². The second kappa shape index (κ2) is 5.35. The summed E-state index contributed by atoms with van der Waals surface area (Å²) >= 11 is 0. The van der Waals surface area contributed by atoms with E-state index in [1.807, 2.05) is 20.8 Å². The first-order chi connectivity index (χ1) is 8.50. The van der Waals surface area contributed by atoms with Crippen LogP contribution in [0.2, 0.25) is 0 Å². The molecule has 1 rings (SSSR count). The van der Waals surface area contributed by atoms with Crippen LogP contribution in [0, 0.1) is 5.41 Å². The van der Waals surface area contributed by atoms with Gasteiger partial charge in [0.05, 0.1) is 5.56 Å². The zero-order valence-corrected chi connectivity index (χ0v) is 11.7. The molecule has 0 saturated heterocycles. The van der Waals surface area contributed by atoms with Crippen LogP contribution in [0.3, 0.4) is 0 Å². The van der Waals surface area contributed by atoms with Gasteiger partial charge in [-0.3, -0.25) is 4.79 Å². The normalized spacial score (nSPS) is 12.6. The zero-order valence-electron chi connectivity index (χ0n) is 11.7. The molecule has 1 nitrogen and oxygen atoms in total. The maximum atomic E-state index is 13.0. The summed E-state index contributed by atoms with van der Waals surface area (Å²) in [6.07, 6.45) is -3.40. The molecule has 0 spiro atoms. The van der Waals surface area contributed by atoms with Crippen molar-refractivity contribution in [3.05, 3.63) is 34.9 Å². The molecule has 106 valence electrons. The van der Waals surface area contributed by atoms with Gasteiger partial charge in [0, 0.05) is 5.56 Å². The first-order valence-electron chi connectivity index (χ1n) is 6.22. The third-order valence-corrected chi connectivity index (χ3v) is 2.97. The second-order valence-corrected chi connectivity index (χ2v) is 5.99. The predicted molar refractivity (Wildman–Crippen MR) is 69.2 cm³/mol. The van der Waals surface area contributed by atoms with Crippen molar-refractivity contribution in [1.82, 2.24) is 0 Å². The Morgan fingerprint density at radius 2 is 1.74 bits per heavy atom. The maximum Gasteiger partial charge on any atom is 0.416 e. The molecule has 0 aliphatic carbocycles. The molecule has 0 bridgehead atoms. The zero-order chi connectivity index (χ0) is 14.8. The molecule has 19 heavy (non-hydrogen) atoms. The molecule has 0 aliphatic heterocycles. The van der Waals surface area contributed by atoms with Gasteiger partial charge in [-0.1, -0.05) is 32.9 Å². The molecule has 1 aromatic rings. The third kappa shape index (κ3) is 4.69. The van der Waals surface area contributed by atoms with Crippen molar-refractivity contribution in [2.75, 3.05) is 0 Å². The Morgan fingerprint density at radius 3 is 2.16 bits per heavy atom.